The highest BCUT2D eigenvalue weighted by Gasteiger charge is 2.17. The monoisotopic (exact) mass is 303 g/mol. The van der Waals surface area contributed by atoms with Crippen LogP contribution < -0.4 is 10.5 Å². The van der Waals surface area contributed by atoms with E-state index in [0.717, 1.165) is 17.4 Å². The lowest BCUT2D eigenvalue weighted by Gasteiger charge is -2.05. The number of fused-ring (bicyclic) bond motifs is 1. The van der Waals surface area contributed by atoms with E-state index in [4.69, 9.17) is 27.1 Å². The van der Waals surface area contributed by atoms with Crippen LogP contribution in [0.25, 0.3) is 11.0 Å². The van der Waals surface area contributed by atoms with Crippen molar-refractivity contribution >= 4 is 39.5 Å². The van der Waals surface area contributed by atoms with E-state index in [9.17, 15) is 0 Å². The molecule has 2 aromatic heterocycles. The fourth-order valence-electron chi connectivity index (χ4n) is 2.03. The normalized spacial score (nSPS) is 10.8. The minimum atomic E-state index is 0.215. The van der Waals surface area contributed by atoms with E-state index in [1.165, 1.54) is 5.56 Å². The second-order valence-corrected chi connectivity index (χ2v) is 5.57. The molecule has 0 fully saturated rings. The third-order valence-corrected chi connectivity index (χ3v) is 3.91. The first-order valence-electron chi connectivity index (χ1n) is 6.21. The number of rotatable bonds is 5. The summed E-state index contributed by atoms with van der Waals surface area (Å²) in [7, 11) is 0. The van der Waals surface area contributed by atoms with Crippen LogP contribution in [0, 0.1) is 0 Å². The molecule has 0 amide bonds. The molecule has 3 rings (SSSR count). The van der Waals surface area contributed by atoms with Gasteiger partial charge in [0.05, 0.1) is 12.0 Å². The van der Waals surface area contributed by atoms with Crippen molar-refractivity contribution in [1.29, 1.82) is 0 Å². The molecular weight excluding hydrogens is 290 g/mol. The van der Waals surface area contributed by atoms with Crippen molar-refractivity contribution in [3.05, 3.63) is 52.4 Å². The first-order valence-corrected chi connectivity index (χ1v) is 7.56. The van der Waals surface area contributed by atoms with Crippen LogP contribution in [0.4, 0.5) is 0 Å². The van der Waals surface area contributed by atoms with Crippen LogP contribution in [0.5, 0.6) is 5.75 Å². The molecule has 0 spiro atoms. The largest absolute Gasteiger partial charge is 0.488 e. The van der Waals surface area contributed by atoms with Gasteiger partial charge in [0, 0.05) is 6.42 Å². The number of thiocarbonyl (C=S) groups is 1. The number of ether oxygens (including phenoxy) is 1. The van der Waals surface area contributed by atoms with Crippen molar-refractivity contribution in [3.63, 3.8) is 0 Å². The standard InChI is InChI=1S/C15H13NO2S2/c16-15(19)14-13(11-3-1-2-4-12(11)18-14)17-7-5-10-6-8-20-9-10/h1-4,6,8-9H,5,7H2,(H2,16,19). The zero-order valence-corrected chi connectivity index (χ0v) is 12.3. The van der Waals surface area contributed by atoms with Crippen LogP contribution in [0.1, 0.15) is 11.3 Å². The lowest BCUT2D eigenvalue weighted by Crippen LogP contribution is -2.11. The molecule has 2 heterocycles. The van der Waals surface area contributed by atoms with E-state index in [1.54, 1.807) is 11.3 Å². The van der Waals surface area contributed by atoms with E-state index in [0.29, 0.717) is 18.1 Å². The molecule has 5 heteroatoms. The van der Waals surface area contributed by atoms with Crippen LogP contribution in [-0.4, -0.2) is 11.6 Å². The van der Waals surface area contributed by atoms with Gasteiger partial charge in [0.25, 0.3) is 0 Å². The quantitative estimate of drug-likeness (QED) is 0.729. The summed E-state index contributed by atoms with van der Waals surface area (Å²) in [5.41, 5.74) is 7.70. The first kappa shape index (κ1) is 13.1. The van der Waals surface area contributed by atoms with E-state index < -0.39 is 0 Å². The fraction of sp³-hybridized carbons (Fsp3) is 0.133. The molecule has 0 unspecified atom stereocenters. The second kappa shape index (κ2) is 5.64. The highest BCUT2D eigenvalue weighted by atomic mass is 32.1. The Hall–Kier alpha value is -1.85. The molecule has 3 nitrogen and oxygen atoms in total. The van der Waals surface area contributed by atoms with Gasteiger partial charge in [0.15, 0.2) is 5.75 Å². The SMILES string of the molecule is NC(=S)c1oc2ccccc2c1OCCc1ccsc1. The molecule has 0 bridgehead atoms. The number of furan rings is 1. The molecule has 0 aliphatic carbocycles. The molecule has 0 radical (unpaired) electrons. The zero-order valence-electron chi connectivity index (χ0n) is 10.7. The van der Waals surface area contributed by atoms with Crippen molar-refractivity contribution in [2.75, 3.05) is 6.61 Å². The predicted molar refractivity (Wildman–Crippen MR) is 85.6 cm³/mol. The second-order valence-electron chi connectivity index (χ2n) is 4.35. The maximum absolute atomic E-state index is 5.87. The Morgan fingerprint density at radius 3 is 2.90 bits per heavy atom. The predicted octanol–water partition coefficient (Wildman–Crippen LogP) is 3.75. The Bertz CT molecular complexity index is 732. The Kier molecular flexibility index (Phi) is 3.71. The van der Waals surface area contributed by atoms with E-state index in [2.05, 4.69) is 16.8 Å². The molecule has 0 aliphatic heterocycles. The van der Waals surface area contributed by atoms with Gasteiger partial charge in [-0.1, -0.05) is 24.4 Å². The third-order valence-electron chi connectivity index (χ3n) is 2.99. The Labute approximate surface area is 126 Å². The summed E-state index contributed by atoms with van der Waals surface area (Å²) in [4.78, 5) is 0.215. The maximum atomic E-state index is 5.87. The third kappa shape index (κ3) is 2.55. The van der Waals surface area contributed by atoms with Gasteiger partial charge in [0.1, 0.15) is 10.6 Å². The summed E-state index contributed by atoms with van der Waals surface area (Å²) in [6.45, 7) is 0.565. The average Bonchev–Trinajstić information content (AvgIpc) is 3.07. The maximum Gasteiger partial charge on any atom is 0.204 e. The molecule has 0 saturated heterocycles. The van der Waals surface area contributed by atoms with E-state index in [-0.39, 0.29) is 4.99 Å². The number of hydrogen-bond acceptors (Lipinski definition) is 4. The highest BCUT2D eigenvalue weighted by molar-refractivity contribution is 7.80. The molecule has 1 aromatic carbocycles. The Morgan fingerprint density at radius 2 is 2.15 bits per heavy atom. The summed E-state index contributed by atoms with van der Waals surface area (Å²) in [5.74, 6) is 1.09. The zero-order chi connectivity index (χ0) is 13.9. The minimum absolute atomic E-state index is 0.215. The highest BCUT2D eigenvalue weighted by Crippen LogP contribution is 2.33. The van der Waals surface area contributed by atoms with Crippen LogP contribution in [0.15, 0.2) is 45.5 Å². The molecular formula is C15H13NO2S2. The molecule has 2 N–H and O–H groups in total. The number of thiophene rings is 1. The molecule has 20 heavy (non-hydrogen) atoms. The number of benzene rings is 1. The Morgan fingerprint density at radius 1 is 1.30 bits per heavy atom. The van der Waals surface area contributed by atoms with E-state index in [1.807, 2.05) is 24.3 Å². The minimum Gasteiger partial charge on any atom is -0.488 e. The summed E-state index contributed by atoms with van der Waals surface area (Å²) in [6.07, 6.45) is 0.847. The summed E-state index contributed by atoms with van der Waals surface area (Å²) in [5, 5.41) is 5.08. The van der Waals surface area contributed by atoms with Gasteiger partial charge in [0.2, 0.25) is 5.76 Å². The van der Waals surface area contributed by atoms with Crippen molar-refractivity contribution in [2.24, 2.45) is 5.73 Å². The number of para-hydroxylation sites is 1. The lowest BCUT2D eigenvalue weighted by atomic mass is 10.2. The van der Waals surface area contributed by atoms with Crippen molar-refractivity contribution in [1.82, 2.24) is 0 Å². The van der Waals surface area contributed by atoms with Crippen molar-refractivity contribution in [2.45, 2.75) is 6.42 Å². The van der Waals surface area contributed by atoms with Gasteiger partial charge in [-0.25, -0.2) is 0 Å². The fourth-order valence-corrected chi connectivity index (χ4v) is 2.87. The van der Waals surface area contributed by atoms with Gasteiger partial charge in [-0.2, -0.15) is 11.3 Å². The van der Waals surface area contributed by atoms with E-state index >= 15 is 0 Å². The van der Waals surface area contributed by atoms with Crippen molar-refractivity contribution in [3.8, 4) is 5.75 Å². The van der Waals surface area contributed by atoms with Crippen LogP contribution in [-0.2, 0) is 6.42 Å². The molecule has 0 saturated carbocycles. The topological polar surface area (TPSA) is 48.4 Å². The molecule has 102 valence electrons. The van der Waals surface area contributed by atoms with Gasteiger partial charge >= 0.3 is 0 Å². The molecule has 0 aliphatic rings. The summed E-state index contributed by atoms with van der Waals surface area (Å²) < 4.78 is 11.5. The number of hydrogen-bond donors (Lipinski definition) is 1. The van der Waals surface area contributed by atoms with Gasteiger partial charge < -0.3 is 14.9 Å². The summed E-state index contributed by atoms with van der Waals surface area (Å²) >= 11 is 6.71. The molecule has 3 aromatic rings. The van der Waals surface area contributed by atoms with Gasteiger partial charge in [-0.05, 0) is 34.5 Å². The van der Waals surface area contributed by atoms with Crippen LogP contribution in [0.3, 0.4) is 0 Å². The average molecular weight is 303 g/mol. The molecule has 0 atom stereocenters. The Balaban J connectivity index is 1.85. The first-order chi connectivity index (χ1) is 9.75. The van der Waals surface area contributed by atoms with Crippen LogP contribution >= 0.6 is 23.6 Å². The summed E-state index contributed by atoms with van der Waals surface area (Å²) in [6, 6.07) is 9.76. The lowest BCUT2D eigenvalue weighted by molar-refractivity contribution is 0.320. The van der Waals surface area contributed by atoms with Crippen LogP contribution in [0.2, 0.25) is 0 Å². The number of nitrogens with two attached hydrogens (primary N) is 1. The smallest absolute Gasteiger partial charge is 0.204 e. The van der Waals surface area contributed by atoms with Gasteiger partial charge in [-0.15, -0.1) is 0 Å². The van der Waals surface area contributed by atoms with Crippen molar-refractivity contribution < 1.29 is 9.15 Å². The van der Waals surface area contributed by atoms with Gasteiger partial charge in [-0.3, -0.25) is 0 Å².